The fourth-order valence-electron chi connectivity index (χ4n) is 2.20. The van der Waals surface area contributed by atoms with E-state index < -0.39 is 41.6 Å². The second-order valence-electron chi connectivity index (χ2n) is 5.40. The molecule has 1 amide bonds. The average Bonchev–Trinajstić information content (AvgIpc) is 2.58. The van der Waals surface area contributed by atoms with Gasteiger partial charge in [0.15, 0.2) is 0 Å². The van der Waals surface area contributed by atoms with Gasteiger partial charge in [-0.15, -0.1) is 0 Å². The summed E-state index contributed by atoms with van der Waals surface area (Å²) in [6.45, 7) is -0.391. The van der Waals surface area contributed by atoms with E-state index in [9.17, 15) is 31.1 Å². The van der Waals surface area contributed by atoms with Gasteiger partial charge in [-0.3, -0.25) is 4.79 Å². The van der Waals surface area contributed by atoms with Crippen LogP contribution in [0, 0.1) is 0 Å². The van der Waals surface area contributed by atoms with Crippen molar-refractivity contribution in [1.29, 1.82) is 0 Å². The zero-order valence-corrected chi connectivity index (χ0v) is 13.8. The standard InChI is InChI=1S/C17H14F6N2O2/c1-27-14-5-3-2-4-13(14)24-9-15(26)25-12-7-10(16(18,19)20)6-11(8-12)17(21,22)23/h2-8,24H,9H2,1H3,(H,25,26). The molecule has 0 fully saturated rings. The highest BCUT2D eigenvalue weighted by Crippen LogP contribution is 2.37. The van der Waals surface area contributed by atoms with Crippen LogP contribution in [0.3, 0.4) is 0 Å². The maximum absolute atomic E-state index is 12.8. The van der Waals surface area contributed by atoms with Gasteiger partial charge in [0.25, 0.3) is 0 Å². The van der Waals surface area contributed by atoms with E-state index in [0.717, 1.165) is 0 Å². The van der Waals surface area contributed by atoms with E-state index in [1.807, 2.05) is 5.32 Å². The lowest BCUT2D eigenvalue weighted by atomic mass is 10.1. The van der Waals surface area contributed by atoms with Gasteiger partial charge in [0.1, 0.15) is 5.75 Å². The summed E-state index contributed by atoms with van der Waals surface area (Å²) in [5.41, 5.74) is -3.19. The number of alkyl halides is 6. The molecule has 4 nitrogen and oxygen atoms in total. The van der Waals surface area contributed by atoms with Crippen LogP contribution in [0.4, 0.5) is 37.7 Å². The number of halogens is 6. The Kier molecular flexibility index (Phi) is 5.87. The van der Waals surface area contributed by atoms with Crippen molar-refractivity contribution in [1.82, 2.24) is 0 Å². The fourth-order valence-corrected chi connectivity index (χ4v) is 2.20. The Labute approximate surface area is 150 Å². The molecule has 0 aliphatic rings. The summed E-state index contributed by atoms with van der Waals surface area (Å²) in [5.74, 6) is -0.405. The van der Waals surface area contributed by atoms with E-state index >= 15 is 0 Å². The molecule has 2 aromatic carbocycles. The van der Waals surface area contributed by atoms with Crippen molar-refractivity contribution in [3.05, 3.63) is 53.6 Å². The number of amides is 1. The van der Waals surface area contributed by atoms with Crippen LogP contribution in [-0.4, -0.2) is 19.6 Å². The van der Waals surface area contributed by atoms with Crippen LogP contribution in [0.5, 0.6) is 5.75 Å². The molecule has 0 spiro atoms. The van der Waals surface area contributed by atoms with Crippen molar-refractivity contribution in [2.24, 2.45) is 0 Å². The molecule has 0 heterocycles. The number of carbonyl (C=O) groups excluding carboxylic acids is 1. The van der Waals surface area contributed by atoms with Gasteiger partial charge < -0.3 is 15.4 Å². The number of hydrogen-bond acceptors (Lipinski definition) is 3. The summed E-state index contributed by atoms with van der Waals surface area (Å²) in [6.07, 6.45) is -9.98. The van der Waals surface area contributed by atoms with Gasteiger partial charge in [0, 0.05) is 5.69 Å². The molecule has 27 heavy (non-hydrogen) atoms. The Morgan fingerprint density at radius 1 is 0.963 bits per heavy atom. The third kappa shape index (κ3) is 5.53. The third-order valence-corrected chi connectivity index (χ3v) is 3.42. The molecule has 0 unspecified atom stereocenters. The number of methoxy groups -OCH3 is 1. The van der Waals surface area contributed by atoms with E-state index in [2.05, 4.69) is 5.32 Å². The quantitative estimate of drug-likeness (QED) is 0.720. The molecule has 0 radical (unpaired) electrons. The zero-order chi connectivity index (χ0) is 20.2. The molecule has 0 bridgehead atoms. The molecule has 2 N–H and O–H groups in total. The maximum Gasteiger partial charge on any atom is 0.416 e. The highest BCUT2D eigenvalue weighted by molar-refractivity contribution is 5.94. The number of ether oxygens (including phenoxy) is 1. The van der Waals surface area contributed by atoms with E-state index in [0.29, 0.717) is 23.6 Å². The number of nitrogens with one attached hydrogen (secondary N) is 2. The molecule has 10 heteroatoms. The number of rotatable bonds is 5. The summed E-state index contributed by atoms with van der Waals surface area (Å²) >= 11 is 0. The molecule has 0 aliphatic carbocycles. The van der Waals surface area contributed by atoms with E-state index in [1.165, 1.54) is 7.11 Å². The first kappa shape index (κ1) is 20.4. The van der Waals surface area contributed by atoms with E-state index in [4.69, 9.17) is 4.74 Å². The summed E-state index contributed by atoms with van der Waals surface area (Å²) in [4.78, 5) is 11.9. The highest BCUT2D eigenvalue weighted by Gasteiger charge is 2.37. The van der Waals surface area contributed by atoms with Crippen LogP contribution >= 0.6 is 0 Å². The Morgan fingerprint density at radius 3 is 2.04 bits per heavy atom. The summed E-state index contributed by atoms with van der Waals surface area (Å²) in [6, 6.07) is 7.42. The normalized spacial score (nSPS) is 11.8. The minimum atomic E-state index is -4.99. The molecular formula is C17H14F6N2O2. The molecule has 2 rings (SSSR count). The number of para-hydroxylation sites is 2. The van der Waals surface area contributed by atoms with Gasteiger partial charge in [0.2, 0.25) is 5.91 Å². The van der Waals surface area contributed by atoms with Gasteiger partial charge in [-0.1, -0.05) is 12.1 Å². The Bertz CT molecular complexity index is 786. The number of anilines is 2. The van der Waals surface area contributed by atoms with Crippen LogP contribution in [0.2, 0.25) is 0 Å². The van der Waals surface area contributed by atoms with E-state index in [1.54, 1.807) is 24.3 Å². The van der Waals surface area contributed by atoms with Gasteiger partial charge in [-0.2, -0.15) is 26.3 Å². The predicted octanol–water partition coefficient (Wildman–Crippen LogP) is 4.78. The second kappa shape index (κ2) is 7.77. The zero-order valence-electron chi connectivity index (χ0n) is 13.8. The lowest BCUT2D eigenvalue weighted by molar-refractivity contribution is -0.143. The Balaban J connectivity index is 2.17. The molecular weight excluding hydrogens is 378 g/mol. The molecule has 0 aliphatic heterocycles. The minimum Gasteiger partial charge on any atom is -0.495 e. The SMILES string of the molecule is COc1ccccc1NCC(=O)Nc1cc(C(F)(F)F)cc(C(F)(F)F)c1. The lowest BCUT2D eigenvalue weighted by Crippen LogP contribution is -2.22. The average molecular weight is 392 g/mol. The number of benzene rings is 2. The van der Waals surface area contributed by atoms with Crippen LogP contribution in [-0.2, 0) is 17.1 Å². The highest BCUT2D eigenvalue weighted by atomic mass is 19.4. The summed E-state index contributed by atoms with van der Waals surface area (Å²) in [5, 5.41) is 4.72. The van der Waals surface area contributed by atoms with Crippen LogP contribution in [0.1, 0.15) is 11.1 Å². The summed E-state index contributed by atoms with van der Waals surface area (Å²) in [7, 11) is 1.40. The van der Waals surface area contributed by atoms with Crippen molar-refractivity contribution in [3.8, 4) is 5.75 Å². The Hall–Kier alpha value is -2.91. The molecule has 0 aromatic heterocycles. The first-order valence-corrected chi connectivity index (χ1v) is 7.47. The fraction of sp³-hybridized carbons (Fsp3) is 0.235. The molecule has 0 saturated heterocycles. The maximum atomic E-state index is 12.8. The lowest BCUT2D eigenvalue weighted by Gasteiger charge is -2.15. The topological polar surface area (TPSA) is 50.4 Å². The largest absolute Gasteiger partial charge is 0.495 e. The van der Waals surface area contributed by atoms with Crippen LogP contribution < -0.4 is 15.4 Å². The van der Waals surface area contributed by atoms with Gasteiger partial charge in [-0.05, 0) is 30.3 Å². The number of hydrogen-bond donors (Lipinski definition) is 2. The van der Waals surface area contributed by atoms with Gasteiger partial charge in [0.05, 0.1) is 30.5 Å². The van der Waals surface area contributed by atoms with Gasteiger partial charge >= 0.3 is 12.4 Å². The molecule has 0 atom stereocenters. The monoisotopic (exact) mass is 392 g/mol. The van der Waals surface area contributed by atoms with Crippen LogP contribution in [0.15, 0.2) is 42.5 Å². The molecule has 146 valence electrons. The second-order valence-corrected chi connectivity index (χ2v) is 5.40. The summed E-state index contributed by atoms with van der Waals surface area (Å²) < 4.78 is 82.0. The van der Waals surface area contributed by atoms with Crippen molar-refractivity contribution >= 4 is 17.3 Å². The third-order valence-electron chi connectivity index (χ3n) is 3.42. The Morgan fingerprint density at radius 2 is 1.52 bits per heavy atom. The first-order chi connectivity index (χ1) is 12.5. The first-order valence-electron chi connectivity index (χ1n) is 7.47. The predicted molar refractivity (Wildman–Crippen MR) is 86.6 cm³/mol. The molecule has 2 aromatic rings. The van der Waals surface area contributed by atoms with Crippen LogP contribution in [0.25, 0.3) is 0 Å². The smallest absolute Gasteiger partial charge is 0.416 e. The van der Waals surface area contributed by atoms with Crippen molar-refractivity contribution in [2.75, 3.05) is 24.3 Å². The van der Waals surface area contributed by atoms with Crippen molar-refractivity contribution in [2.45, 2.75) is 12.4 Å². The molecule has 0 saturated carbocycles. The van der Waals surface area contributed by atoms with E-state index in [-0.39, 0.29) is 6.07 Å². The van der Waals surface area contributed by atoms with Crippen molar-refractivity contribution in [3.63, 3.8) is 0 Å². The minimum absolute atomic E-state index is 0.0112. The van der Waals surface area contributed by atoms with Gasteiger partial charge in [-0.25, -0.2) is 0 Å². The number of carbonyl (C=O) groups is 1. The van der Waals surface area contributed by atoms with Crippen molar-refractivity contribution < 1.29 is 35.9 Å².